The fourth-order valence-corrected chi connectivity index (χ4v) is 8.91. The Morgan fingerprint density at radius 3 is 1.02 bits per heavy atom. The van der Waals surface area contributed by atoms with Crippen LogP contribution in [0.3, 0.4) is 0 Å². The van der Waals surface area contributed by atoms with E-state index in [9.17, 15) is 0 Å². The number of rotatable bonds is 4. The molecule has 0 spiro atoms. The van der Waals surface area contributed by atoms with Crippen LogP contribution in [0.1, 0.15) is 0 Å². The topological polar surface area (TPSA) is 12.9 Å². The largest absolute Gasteiger partial charge is 0.265 e. The van der Waals surface area contributed by atoms with Gasteiger partial charge in [0.15, 0.2) is 0 Å². The maximum absolute atomic E-state index is 4.34. The zero-order chi connectivity index (χ0) is 35.6. The fourth-order valence-electron chi connectivity index (χ4n) is 8.91. The molecule has 10 aromatic carbocycles. The van der Waals surface area contributed by atoms with Crippen LogP contribution in [0.2, 0.25) is 0 Å². The van der Waals surface area contributed by atoms with Crippen LogP contribution in [0, 0.1) is 0 Å². The molecule has 0 fully saturated rings. The highest BCUT2D eigenvalue weighted by molar-refractivity contribution is 6.25. The molecule has 11 rings (SSSR count). The molecule has 0 atom stereocenters. The van der Waals surface area contributed by atoms with Crippen molar-refractivity contribution in [2.75, 3.05) is 0 Å². The van der Waals surface area contributed by atoms with Crippen molar-refractivity contribution in [2.45, 2.75) is 0 Å². The van der Waals surface area contributed by atoms with E-state index in [0.29, 0.717) is 0 Å². The van der Waals surface area contributed by atoms with Crippen LogP contribution >= 0.6 is 0 Å². The molecule has 1 aromatic heterocycles. The first-order valence-corrected chi connectivity index (χ1v) is 18.6. The third kappa shape index (κ3) is 4.76. The van der Waals surface area contributed by atoms with Crippen molar-refractivity contribution in [2.24, 2.45) is 0 Å². The van der Waals surface area contributed by atoms with Gasteiger partial charge in [0, 0.05) is 12.4 Å². The Morgan fingerprint density at radius 1 is 0.222 bits per heavy atom. The summed E-state index contributed by atoms with van der Waals surface area (Å²) in [6.45, 7) is 0. The molecule has 0 unspecified atom stereocenters. The number of fused-ring (bicyclic) bond motifs is 6. The first-order valence-electron chi connectivity index (χ1n) is 18.6. The molecule has 0 saturated heterocycles. The first kappa shape index (κ1) is 30.5. The SMILES string of the molecule is c1ccc2cc(-c3c4ccccc4c(-c4ccc5ccccc5c4)c4cc(-c5c6ccccc6c(-c6ccncc6)c6ccccc56)ccc34)ccc2c1. The van der Waals surface area contributed by atoms with Gasteiger partial charge in [-0.25, -0.2) is 0 Å². The highest BCUT2D eigenvalue weighted by Gasteiger charge is 2.21. The van der Waals surface area contributed by atoms with Crippen LogP contribution in [-0.4, -0.2) is 4.98 Å². The summed E-state index contributed by atoms with van der Waals surface area (Å²) in [6, 6.07) is 69.4. The van der Waals surface area contributed by atoms with Crippen molar-refractivity contribution < 1.29 is 0 Å². The lowest BCUT2D eigenvalue weighted by Crippen LogP contribution is -1.94. The maximum atomic E-state index is 4.34. The number of hydrogen-bond donors (Lipinski definition) is 0. The van der Waals surface area contributed by atoms with Crippen molar-refractivity contribution in [1.29, 1.82) is 0 Å². The highest BCUT2D eigenvalue weighted by Crippen LogP contribution is 2.48. The highest BCUT2D eigenvalue weighted by atomic mass is 14.6. The quantitative estimate of drug-likeness (QED) is 0.168. The molecule has 1 heterocycles. The predicted molar refractivity (Wildman–Crippen MR) is 231 cm³/mol. The van der Waals surface area contributed by atoms with Crippen molar-refractivity contribution in [3.63, 3.8) is 0 Å². The predicted octanol–water partition coefficient (Wildman–Crippen LogP) is 14.7. The standard InChI is InChI=1S/C53H33N/c1-3-13-37-31-39(23-21-34(37)11-1)51-46-19-9-10-20-47(46)53(40-24-22-35-12-2-4-14-38(35)32-40)49-33-41(25-26-48(49)51)52-44-17-7-5-15-42(44)50(36-27-29-54-30-28-36)43-16-6-8-18-45(43)52/h1-33H. The normalized spacial score (nSPS) is 11.7. The summed E-state index contributed by atoms with van der Waals surface area (Å²) in [7, 11) is 0. The van der Waals surface area contributed by atoms with Gasteiger partial charge < -0.3 is 0 Å². The smallest absolute Gasteiger partial charge is 0.0273 e. The molecule has 54 heavy (non-hydrogen) atoms. The summed E-state index contributed by atoms with van der Waals surface area (Å²) in [5.74, 6) is 0. The second-order valence-electron chi connectivity index (χ2n) is 14.3. The Balaban J connectivity index is 1.28. The Labute approximate surface area is 313 Å². The van der Waals surface area contributed by atoms with Crippen LogP contribution in [0.5, 0.6) is 0 Å². The summed E-state index contributed by atoms with van der Waals surface area (Å²) in [5.41, 5.74) is 9.86. The molecule has 0 amide bonds. The molecule has 0 radical (unpaired) electrons. The average Bonchev–Trinajstić information content (AvgIpc) is 3.24. The fraction of sp³-hybridized carbons (Fsp3) is 0. The van der Waals surface area contributed by atoms with Crippen LogP contribution in [0.25, 0.3) is 109 Å². The molecule has 0 aliphatic rings. The van der Waals surface area contributed by atoms with Crippen LogP contribution in [0.15, 0.2) is 200 Å². The van der Waals surface area contributed by atoms with Gasteiger partial charge in [-0.1, -0.05) is 158 Å². The molecule has 0 saturated carbocycles. The summed E-state index contributed by atoms with van der Waals surface area (Å²) in [6.07, 6.45) is 3.78. The number of pyridine rings is 1. The van der Waals surface area contributed by atoms with Gasteiger partial charge in [-0.2, -0.15) is 0 Å². The van der Waals surface area contributed by atoms with Gasteiger partial charge in [-0.05, 0) is 139 Å². The molecule has 1 nitrogen and oxygen atoms in total. The Bertz CT molecular complexity index is 3210. The number of benzene rings is 10. The third-order valence-electron chi connectivity index (χ3n) is 11.3. The van der Waals surface area contributed by atoms with Gasteiger partial charge in [0.2, 0.25) is 0 Å². The molecule has 0 N–H and O–H groups in total. The van der Waals surface area contributed by atoms with E-state index in [4.69, 9.17) is 0 Å². The maximum Gasteiger partial charge on any atom is 0.0273 e. The number of hydrogen-bond acceptors (Lipinski definition) is 1. The summed E-state index contributed by atoms with van der Waals surface area (Å²) in [5, 5.41) is 14.9. The molecule has 0 aliphatic heterocycles. The van der Waals surface area contributed by atoms with Crippen molar-refractivity contribution in [3.8, 4) is 44.5 Å². The second kappa shape index (κ2) is 12.3. The summed E-state index contributed by atoms with van der Waals surface area (Å²) >= 11 is 0. The van der Waals surface area contributed by atoms with Crippen molar-refractivity contribution >= 4 is 64.6 Å². The van der Waals surface area contributed by atoms with Crippen LogP contribution in [-0.2, 0) is 0 Å². The van der Waals surface area contributed by atoms with E-state index >= 15 is 0 Å². The minimum atomic E-state index is 1.17. The molecular weight excluding hydrogens is 651 g/mol. The average molecular weight is 684 g/mol. The van der Waals surface area contributed by atoms with Gasteiger partial charge in [0.1, 0.15) is 0 Å². The minimum absolute atomic E-state index is 1.17. The van der Waals surface area contributed by atoms with E-state index < -0.39 is 0 Å². The van der Waals surface area contributed by atoms with Crippen molar-refractivity contribution in [1.82, 2.24) is 4.98 Å². The van der Waals surface area contributed by atoms with E-state index in [-0.39, 0.29) is 0 Å². The molecule has 250 valence electrons. The zero-order valence-electron chi connectivity index (χ0n) is 29.5. The molecule has 0 aliphatic carbocycles. The number of nitrogens with zero attached hydrogens (tertiary/aromatic N) is 1. The van der Waals surface area contributed by atoms with E-state index in [0.717, 1.165) is 0 Å². The minimum Gasteiger partial charge on any atom is -0.265 e. The van der Waals surface area contributed by atoms with Crippen molar-refractivity contribution in [3.05, 3.63) is 200 Å². The molecule has 1 heteroatoms. The molecular formula is C53H33N. The third-order valence-corrected chi connectivity index (χ3v) is 11.3. The summed E-state index contributed by atoms with van der Waals surface area (Å²) < 4.78 is 0. The Hall–Kier alpha value is -7.09. The van der Waals surface area contributed by atoms with Gasteiger partial charge in [-0.3, -0.25) is 4.98 Å². The lowest BCUT2D eigenvalue weighted by Gasteiger charge is -2.21. The first-order chi connectivity index (χ1) is 26.8. The zero-order valence-corrected chi connectivity index (χ0v) is 29.5. The monoisotopic (exact) mass is 683 g/mol. The lowest BCUT2D eigenvalue weighted by molar-refractivity contribution is 1.33. The molecule has 11 aromatic rings. The summed E-state index contributed by atoms with van der Waals surface area (Å²) in [4.78, 5) is 4.34. The Morgan fingerprint density at radius 2 is 0.556 bits per heavy atom. The Kier molecular flexibility index (Phi) is 6.93. The van der Waals surface area contributed by atoms with Gasteiger partial charge in [-0.15, -0.1) is 0 Å². The van der Waals surface area contributed by atoms with Gasteiger partial charge >= 0.3 is 0 Å². The number of aromatic nitrogens is 1. The van der Waals surface area contributed by atoms with E-state index in [2.05, 4.69) is 193 Å². The van der Waals surface area contributed by atoms with Crippen LogP contribution in [0.4, 0.5) is 0 Å². The van der Waals surface area contributed by atoms with E-state index in [1.807, 2.05) is 12.4 Å². The van der Waals surface area contributed by atoms with Crippen LogP contribution < -0.4 is 0 Å². The second-order valence-corrected chi connectivity index (χ2v) is 14.3. The van der Waals surface area contributed by atoms with Gasteiger partial charge in [0.05, 0.1) is 0 Å². The van der Waals surface area contributed by atoms with Gasteiger partial charge in [0.25, 0.3) is 0 Å². The van der Waals surface area contributed by atoms with E-state index in [1.54, 1.807) is 0 Å². The molecule has 0 bridgehead atoms. The van der Waals surface area contributed by atoms with E-state index in [1.165, 1.54) is 109 Å². The lowest BCUT2D eigenvalue weighted by atomic mass is 9.82.